The third-order valence-corrected chi connectivity index (χ3v) is 6.84. The van der Waals surface area contributed by atoms with Gasteiger partial charge in [0, 0.05) is 12.6 Å². The number of nitrogens with one attached hydrogen (secondary N) is 1. The van der Waals surface area contributed by atoms with Crippen LogP contribution in [0.4, 0.5) is 0 Å². The van der Waals surface area contributed by atoms with Gasteiger partial charge in [-0.25, -0.2) is 0 Å². The first-order valence-electron chi connectivity index (χ1n) is 11.0. The van der Waals surface area contributed by atoms with Crippen molar-refractivity contribution in [3.05, 3.63) is 62.0 Å². The number of carbonyl (C=O) groups excluding carboxylic acids is 2. The van der Waals surface area contributed by atoms with Crippen LogP contribution in [0, 0.1) is 0 Å². The first-order chi connectivity index (χ1) is 15.5. The standard InChI is InChI=1S/C25H31BrCl2N2O3/c1-6-16(4)29-25(32)17(5)30(13-18-7-9-21(27)22(28)11-18)24(31)14-33-23-10-8-19(15(2)3)12-20(23)26/h7-12,15-17H,6,13-14H2,1-5H3,(H,29,32). The minimum Gasteiger partial charge on any atom is -0.483 e. The molecule has 2 atom stereocenters. The molecular formula is C25H31BrCl2N2O3. The van der Waals surface area contributed by atoms with Gasteiger partial charge in [-0.15, -0.1) is 0 Å². The maximum Gasteiger partial charge on any atom is 0.261 e. The third-order valence-electron chi connectivity index (χ3n) is 5.48. The summed E-state index contributed by atoms with van der Waals surface area (Å²) in [5, 5.41) is 3.76. The normalized spacial score (nSPS) is 12.9. The minimum atomic E-state index is -0.698. The van der Waals surface area contributed by atoms with E-state index in [1.807, 2.05) is 32.0 Å². The highest BCUT2D eigenvalue weighted by molar-refractivity contribution is 9.10. The Kier molecular flexibility index (Phi) is 10.5. The SMILES string of the molecule is CCC(C)NC(=O)C(C)N(Cc1ccc(Cl)c(Cl)c1)C(=O)COc1ccc(C(C)C)cc1Br. The van der Waals surface area contributed by atoms with Crippen LogP contribution in [0.15, 0.2) is 40.9 Å². The summed E-state index contributed by atoms with van der Waals surface area (Å²) in [7, 11) is 0. The summed E-state index contributed by atoms with van der Waals surface area (Å²) in [4.78, 5) is 27.5. The molecule has 0 spiro atoms. The van der Waals surface area contributed by atoms with Gasteiger partial charge in [-0.05, 0) is 77.5 Å². The molecule has 0 aliphatic heterocycles. The second kappa shape index (κ2) is 12.6. The lowest BCUT2D eigenvalue weighted by Crippen LogP contribution is -2.50. The van der Waals surface area contributed by atoms with Crippen LogP contribution in [0.3, 0.4) is 0 Å². The summed E-state index contributed by atoms with van der Waals surface area (Å²) in [5.41, 5.74) is 1.93. The maximum atomic E-state index is 13.2. The zero-order valence-corrected chi connectivity index (χ0v) is 22.7. The Balaban J connectivity index is 2.21. The number of nitrogens with zero attached hydrogens (tertiary/aromatic N) is 1. The Bertz CT molecular complexity index is 984. The van der Waals surface area contributed by atoms with Crippen LogP contribution < -0.4 is 10.1 Å². The average molecular weight is 558 g/mol. The van der Waals surface area contributed by atoms with Gasteiger partial charge in [0.15, 0.2) is 6.61 Å². The van der Waals surface area contributed by atoms with Crippen LogP contribution in [-0.4, -0.2) is 35.4 Å². The van der Waals surface area contributed by atoms with E-state index in [0.29, 0.717) is 21.7 Å². The molecule has 2 amide bonds. The predicted octanol–water partition coefficient (Wildman–Crippen LogP) is 6.59. The lowest BCUT2D eigenvalue weighted by Gasteiger charge is -2.29. The van der Waals surface area contributed by atoms with Gasteiger partial charge in [0.2, 0.25) is 5.91 Å². The smallest absolute Gasteiger partial charge is 0.261 e. The molecule has 0 aliphatic rings. The van der Waals surface area contributed by atoms with E-state index in [9.17, 15) is 9.59 Å². The van der Waals surface area contributed by atoms with Gasteiger partial charge in [-0.3, -0.25) is 9.59 Å². The fourth-order valence-electron chi connectivity index (χ4n) is 3.10. The molecule has 8 heteroatoms. The number of hydrogen-bond donors (Lipinski definition) is 1. The Labute approximate surface area is 214 Å². The van der Waals surface area contributed by atoms with Gasteiger partial charge < -0.3 is 15.0 Å². The van der Waals surface area contributed by atoms with Crippen LogP contribution in [0.5, 0.6) is 5.75 Å². The highest BCUT2D eigenvalue weighted by Crippen LogP contribution is 2.29. The first-order valence-corrected chi connectivity index (χ1v) is 12.5. The van der Waals surface area contributed by atoms with Crippen molar-refractivity contribution in [1.29, 1.82) is 0 Å². The van der Waals surface area contributed by atoms with Gasteiger partial charge in [-0.1, -0.05) is 56.1 Å². The Morgan fingerprint density at radius 1 is 1.06 bits per heavy atom. The van der Waals surface area contributed by atoms with Gasteiger partial charge in [0.05, 0.1) is 14.5 Å². The molecule has 1 N–H and O–H groups in total. The fraction of sp³-hybridized carbons (Fsp3) is 0.440. The van der Waals surface area contributed by atoms with Gasteiger partial charge in [-0.2, -0.15) is 0 Å². The van der Waals surface area contributed by atoms with Crippen molar-refractivity contribution >= 4 is 50.9 Å². The number of hydrogen-bond acceptors (Lipinski definition) is 3. The van der Waals surface area contributed by atoms with Crippen LogP contribution in [0.1, 0.15) is 58.1 Å². The maximum absolute atomic E-state index is 13.2. The summed E-state index contributed by atoms with van der Waals surface area (Å²) in [5.74, 6) is 0.412. The molecule has 0 radical (unpaired) electrons. The molecule has 0 aromatic heterocycles. The van der Waals surface area contributed by atoms with E-state index in [1.54, 1.807) is 25.1 Å². The molecule has 33 heavy (non-hydrogen) atoms. The van der Waals surface area contributed by atoms with Crippen molar-refractivity contribution in [3.63, 3.8) is 0 Å². The van der Waals surface area contributed by atoms with Crippen LogP contribution in [0.2, 0.25) is 10.0 Å². The van der Waals surface area contributed by atoms with Crippen LogP contribution in [-0.2, 0) is 16.1 Å². The monoisotopic (exact) mass is 556 g/mol. The molecule has 2 aromatic carbocycles. The molecule has 0 bridgehead atoms. The summed E-state index contributed by atoms with van der Waals surface area (Å²) in [6, 6.07) is 10.3. The minimum absolute atomic E-state index is 0.00792. The van der Waals surface area contributed by atoms with E-state index in [-0.39, 0.29) is 31.0 Å². The molecule has 0 saturated carbocycles. The number of carbonyl (C=O) groups is 2. The quantitative estimate of drug-likeness (QED) is 0.358. The largest absolute Gasteiger partial charge is 0.483 e. The second-order valence-corrected chi connectivity index (χ2v) is 10.1. The number of amides is 2. The Morgan fingerprint density at radius 3 is 2.33 bits per heavy atom. The number of rotatable bonds is 10. The fourth-order valence-corrected chi connectivity index (χ4v) is 3.93. The average Bonchev–Trinajstić information content (AvgIpc) is 2.77. The zero-order chi connectivity index (χ0) is 24.7. The number of ether oxygens (including phenoxy) is 1. The van der Waals surface area contributed by atoms with E-state index < -0.39 is 6.04 Å². The van der Waals surface area contributed by atoms with Crippen molar-refractivity contribution in [2.75, 3.05) is 6.61 Å². The summed E-state index contributed by atoms with van der Waals surface area (Å²) < 4.78 is 6.59. The lowest BCUT2D eigenvalue weighted by molar-refractivity contribution is -0.142. The van der Waals surface area contributed by atoms with Crippen molar-refractivity contribution in [2.24, 2.45) is 0 Å². The molecular weight excluding hydrogens is 527 g/mol. The van der Waals surface area contributed by atoms with Crippen molar-refractivity contribution < 1.29 is 14.3 Å². The van der Waals surface area contributed by atoms with E-state index >= 15 is 0 Å². The summed E-state index contributed by atoms with van der Waals surface area (Å²) in [6.45, 7) is 9.84. The topological polar surface area (TPSA) is 58.6 Å². The first kappa shape index (κ1) is 27.5. The lowest BCUT2D eigenvalue weighted by atomic mass is 10.0. The van der Waals surface area contributed by atoms with E-state index in [1.165, 1.54) is 4.90 Å². The van der Waals surface area contributed by atoms with E-state index in [0.717, 1.165) is 22.0 Å². The highest BCUT2D eigenvalue weighted by atomic mass is 79.9. The molecule has 0 heterocycles. The van der Waals surface area contributed by atoms with Crippen LogP contribution in [0.25, 0.3) is 0 Å². The molecule has 180 valence electrons. The molecule has 2 unspecified atom stereocenters. The van der Waals surface area contributed by atoms with Gasteiger partial charge >= 0.3 is 0 Å². The van der Waals surface area contributed by atoms with Gasteiger partial charge in [0.1, 0.15) is 11.8 Å². The molecule has 0 aliphatic carbocycles. The van der Waals surface area contributed by atoms with E-state index in [4.69, 9.17) is 27.9 Å². The summed E-state index contributed by atoms with van der Waals surface area (Å²) in [6.07, 6.45) is 0.794. The highest BCUT2D eigenvalue weighted by Gasteiger charge is 2.27. The van der Waals surface area contributed by atoms with Gasteiger partial charge in [0.25, 0.3) is 5.91 Å². The molecule has 0 saturated heterocycles. The molecule has 2 rings (SSSR count). The molecule has 5 nitrogen and oxygen atoms in total. The summed E-state index contributed by atoms with van der Waals surface area (Å²) >= 11 is 15.7. The Hall–Kier alpha value is -1.76. The van der Waals surface area contributed by atoms with Crippen molar-refractivity contribution in [2.45, 2.75) is 65.6 Å². The third kappa shape index (κ3) is 7.90. The number of benzene rings is 2. The van der Waals surface area contributed by atoms with Crippen LogP contribution >= 0.6 is 39.1 Å². The predicted molar refractivity (Wildman–Crippen MR) is 138 cm³/mol. The second-order valence-electron chi connectivity index (χ2n) is 8.40. The van der Waals surface area contributed by atoms with E-state index in [2.05, 4.69) is 35.1 Å². The zero-order valence-electron chi connectivity index (χ0n) is 19.6. The Morgan fingerprint density at radius 2 is 1.76 bits per heavy atom. The van der Waals surface area contributed by atoms with Crippen molar-refractivity contribution in [3.8, 4) is 5.75 Å². The molecule has 0 fully saturated rings. The molecule has 2 aromatic rings. The van der Waals surface area contributed by atoms with Crippen molar-refractivity contribution in [1.82, 2.24) is 10.2 Å². The number of halogens is 3.